The third-order valence-corrected chi connectivity index (χ3v) is 3.56. The molecule has 1 heterocycles. The molecular weight excluding hydrogens is 245 g/mol. The van der Waals surface area contributed by atoms with Crippen LogP contribution in [0.5, 0.6) is 0 Å². The van der Waals surface area contributed by atoms with Crippen LogP contribution in [-0.4, -0.2) is 18.6 Å². The predicted octanol–water partition coefficient (Wildman–Crippen LogP) is 1.03. The summed E-state index contributed by atoms with van der Waals surface area (Å²) in [5.41, 5.74) is 0.291. The van der Waals surface area contributed by atoms with E-state index in [1.165, 1.54) is 24.5 Å². The molecule has 0 spiro atoms. The lowest BCUT2D eigenvalue weighted by atomic mass is 10.2. The van der Waals surface area contributed by atoms with Crippen LogP contribution in [0.2, 0.25) is 0 Å². The lowest BCUT2D eigenvalue weighted by molar-refractivity contribution is 0.574. The first-order valence-electron chi connectivity index (χ1n) is 4.81. The lowest BCUT2D eigenvalue weighted by Crippen LogP contribution is -2.23. The summed E-state index contributed by atoms with van der Waals surface area (Å²) in [4.78, 5) is 0.0221. The van der Waals surface area contributed by atoms with Gasteiger partial charge in [0.2, 0.25) is 10.0 Å². The fourth-order valence-corrected chi connectivity index (χ4v) is 2.20. The Morgan fingerprint density at radius 3 is 2.76 bits per heavy atom. The Balaban J connectivity index is 2.12. The van der Waals surface area contributed by atoms with Crippen LogP contribution >= 0.6 is 0 Å². The first-order valence-corrected chi connectivity index (χ1v) is 6.30. The lowest BCUT2D eigenvalue weighted by Gasteiger charge is -2.05. The van der Waals surface area contributed by atoms with Gasteiger partial charge in [-0.15, -0.1) is 0 Å². The molecule has 2 aromatic rings. The Morgan fingerprint density at radius 1 is 1.35 bits per heavy atom. The summed E-state index contributed by atoms with van der Waals surface area (Å²) in [6, 6.07) is 5.99. The number of benzene rings is 1. The minimum Gasteiger partial charge on any atom is -0.284 e. The maximum atomic E-state index is 13.3. The van der Waals surface area contributed by atoms with Gasteiger partial charge in [0, 0.05) is 18.3 Å². The largest absolute Gasteiger partial charge is 0.284 e. The van der Waals surface area contributed by atoms with Crippen molar-refractivity contribution in [3.63, 3.8) is 0 Å². The molecule has 0 bridgehead atoms. The molecule has 17 heavy (non-hydrogen) atoms. The Kier molecular flexibility index (Phi) is 3.21. The van der Waals surface area contributed by atoms with Crippen LogP contribution in [-0.2, 0) is 16.6 Å². The van der Waals surface area contributed by atoms with Crippen molar-refractivity contribution in [1.29, 1.82) is 0 Å². The molecule has 0 saturated carbocycles. The van der Waals surface area contributed by atoms with Crippen LogP contribution in [0.1, 0.15) is 5.56 Å². The predicted molar refractivity (Wildman–Crippen MR) is 59.0 cm³/mol. The number of rotatable bonds is 4. The zero-order valence-electron chi connectivity index (χ0n) is 8.72. The Morgan fingerprint density at radius 2 is 2.12 bits per heavy atom. The van der Waals surface area contributed by atoms with Gasteiger partial charge >= 0.3 is 0 Å². The highest BCUT2D eigenvalue weighted by Crippen LogP contribution is 2.09. The molecule has 0 unspecified atom stereocenters. The SMILES string of the molecule is O=S(=O)(NCc1ccccc1F)c1cn[nH]c1. The van der Waals surface area contributed by atoms with Crippen molar-refractivity contribution in [1.82, 2.24) is 14.9 Å². The summed E-state index contributed by atoms with van der Waals surface area (Å²) in [7, 11) is -3.64. The van der Waals surface area contributed by atoms with Crippen molar-refractivity contribution < 1.29 is 12.8 Å². The topological polar surface area (TPSA) is 74.8 Å². The van der Waals surface area contributed by atoms with Gasteiger partial charge in [-0.05, 0) is 6.07 Å². The first kappa shape index (κ1) is 11.7. The van der Waals surface area contributed by atoms with Crippen molar-refractivity contribution in [2.24, 2.45) is 0 Å². The molecule has 0 atom stereocenters. The third-order valence-electron chi connectivity index (χ3n) is 2.19. The summed E-state index contributed by atoms with van der Waals surface area (Å²) in [6.45, 7) is -0.0970. The van der Waals surface area contributed by atoms with Crippen molar-refractivity contribution >= 4 is 10.0 Å². The number of aromatic nitrogens is 2. The average Bonchev–Trinajstić information content (AvgIpc) is 2.82. The summed E-state index contributed by atoms with van der Waals surface area (Å²) in [5.74, 6) is -0.442. The number of hydrogen-bond donors (Lipinski definition) is 2. The Bertz CT molecular complexity index is 596. The van der Waals surface area contributed by atoms with Crippen LogP contribution in [0.4, 0.5) is 4.39 Å². The van der Waals surface area contributed by atoms with E-state index in [0.29, 0.717) is 5.56 Å². The van der Waals surface area contributed by atoms with E-state index in [0.717, 1.165) is 0 Å². The Hall–Kier alpha value is -1.73. The molecule has 90 valence electrons. The number of aromatic amines is 1. The number of sulfonamides is 1. The first-order chi connectivity index (χ1) is 8.09. The van der Waals surface area contributed by atoms with E-state index >= 15 is 0 Å². The molecule has 0 radical (unpaired) electrons. The van der Waals surface area contributed by atoms with E-state index in [1.807, 2.05) is 0 Å². The smallest absolute Gasteiger partial charge is 0.243 e. The van der Waals surface area contributed by atoms with E-state index < -0.39 is 15.8 Å². The molecule has 1 aromatic carbocycles. The minimum absolute atomic E-state index is 0.0221. The third kappa shape index (κ3) is 2.69. The monoisotopic (exact) mass is 255 g/mol. The molecular formula is C10H10FN3O2S. The van der Waals surface area contributed by atoms with E-state index in [4.69, 9.17) is 0 Å². The number of nitrogens with one attached hydrogen (secondary N) is 2. The quantitative estimate of drug-likeness (QED) is 0.856. The van der Waals surface area contributed by atoms with E-state index in [-0.39, 0.29) is 11.4 Å². The number of H-pyrrole nitrogens is 1. The number of halogens is 1. The van der Waals surface area contributed by atoms with Crippen LogP contribution in [0.3, 0.4) is 0 Å². The van der Waals surface area contributed by atoms with Crippen molar-refractivity contribution in [3.8, 4) is 0 Å². The van der Waals surface area contributed by atoms with Gasteiger partial charge in [-0.2, -0.15) is 5.10 Å². The second-order valence-electron chi connectivity index (χ2n) is 3.35. The van der Waals surface area contributed by atoms with Gasteiger partial charge in [-0.25, -0.2) is 17.5 Å². The zero-order chi connectivity index (χ0) is 12.3. The van der Waals surface area contributed by atoms with Crippen molar-refractivity contribution in [2.75, 3.05) is 0 Å². The van der Waals surface area contributed by atoms with Crippen molar-refractivity contribution in [2.45, 2.75) is 11.4 Å². The maximum Gasteiger partial charge on any atom is 0.243 e. The summed E-state index contributed by atoms with van der Waals surface area (Å²) in [5, 5.41) is 5.94. The number of hydrogen-bond acceptors (Lipinski definition) is 3. The highest BCUT2D eigenvalue weighted by atomic mass is 32.2. The zero-order valence-corrected chi connectivity index (χ0v) is 9.54. The molecule has 7 heteroatoms. The minimum atomic E-state index is -3.64. The van der Waals surface area contributed by atoms with Gasteiger partial charge in [-0.1, -0.05) is 18.2 Å². The highest BCUT2D eigenvalue weighted by Gasteiger charge is 2.15. The summed E-state index contributed by atoms with van der Waals surface area (Å²) < 4.78 is 38.9. The fourth-order valence-electron chi connectivity index (χ4n) is 1.28. The molecule has 0 saturated heterocycles. The van der Waals surface area contributed by atoms with Gasteiger partial charge < -0.3 is 0 Å². The normalized spacial score (nSPS) is 11.6. The molecule has 2 N–H and O–H groups in total. The van der Waals surface area contributed by atoms with Crippen LogP contribution in [0.25, 0.3) is 0 Å². The van der Waals surface area contributed by atoms with E-state index in [9.17, 15) is 12.8 Å². The second kappa shape index (κ2) is 4.64. The maximum absolute atomic E-state index is 13.3. The van der Waals surface area contributed by atoms with Gasteiger partial charge in [0.25, 0.3) is 0 Å². The standard InChI is InChI=1S/C10H10FN3O2S/c11-10-4-2-1-3-8(10)5-14-17(15,16)9-6-12-13-7-9/h1-4,6-7,14H,5H2,(H,12,13). The summed E-state index contributed by atoms with van der Waals surface area (Å²) >= 11 is 0. The molecule has 0 amide bonds. The second-order valence-corrected chi connectivity index (χ2v) is 5.12. The molecule has 0 aliphatic carbocycles. The number of nitrogens with zero attached hydrogens (tertiary/aromatic N) is 1. The average molecular weight is 255 g/mol. The molecule has 0 fully saturated rings. The van der Waals surface area contributed by atoms with Crippen LogP contribution < -0.4 is 4.72 Å². The van der Waals surface area contributed by atoms with Crippen LogP contribution in [0, 0.1) is 5.82 Å². The highest BCUT2D eigenvalue weighted by molar-refractivity contribution is 7.89. The van der Waals surface area contributed by atoms with Gasteiger partial charge in [0.15, 0.2) is 0 Å². The molecule has 1 aromatic heterocycles. The summed E-state index contributed by atoms with van der Waals surface area (Å²) in [6.07, 6.45) is 2.44. The van der Waals surface area contributed by atoms with Crippen molar-refractivity contribution in [3.05, 3.63) is 48.0 Å². The van der Waals surface area contributed by atoms with Crippen LogP contribution in [0.15, 0.2) is 41.6 Å². The van der Waals surface area contributed by atoms with Gasteiger partial charge in [0.05, 0.1) is 6.20 Å². The van der Waals surface area contributed by atoms with Gasteiger partial charge in [0.1, 0.15) is 10.7 Å². The fraction of sp³-hybridized carbons (Fsp3) is 0.100. The van der Waals surface area contributed by atoms with E-state index in [2.05, 4.69) is 14.9 Å². The van der Waals surface area contributed by atoms with Gasteiger partial charge in [-0.3, -0.25) is 5.10 Å². The molecule has 0 aliphatic heterocycles. The molecule has 5 nitrogen and oxygen atoms in total. The van der Waals surface area contributed by atoms with E-state index in [1.54, 1.807) is 12.1 Å². The Labute approximate surface area is 97.7 Å². The molecule has 2 rings (SSSR count). The molecule has 0 aliphatic rings.